The molecule has 11 heavy (non-hydrogen) atoms. The smallest absolute Gasteiger partial charge is 0.0239 e. The molecule has 0 saturated heterocycles. The molecule has 0 aliphatic carbocycles. The summed E-state index contributed by atoms with van der Waals surface area (Å²) in [5.74, 6) is 1.83. The van der Waals surface area contributed by atoms with Gasteiger partial charge in [0.05, 0.1) is 0 Å². The van der Waals surface area contributed by atoms with Crippen LogP contribution in [0, 0.1) is 11.8 Å². The molecule has 1 heteroatoms. The van der Waals surface area contributed by atoms with Gasteiger partial charge in [-0.25, -0.2) is 0 Å². The summed E-state index contributed by atoms with van der Waals surface area (Å²) in [6, 6.07) is 0. The van der Waals surface area contributed by atoms with Gasteiger partial charge in [0.15, 0.2) is 0 Å². The fraction of sp³-hybridized carbons (Fsp3) is 1.00. The van der Waals surface area contributed by atoms with Crippen molar-refractivity contribution in [2.24, 2.45) is 11.8 Å². The highest BCUT2D eigenvalue weighted by atomic mass is 31.1. The summed E-state index contributed by atoms with van der Waals surface area (Å²) < 4.78 is 0. The average Bonchev–Trinajstić information content (AvgIpc) is 2.02. The van der Waals surface area contributed by atoms with Gasteiger partial charge in [-0.2, -0.15) is 0 Å². The Morgan fingerprint density at radius 2 is 1.73 bits per heavy atom. The van der Waals surface area contributed by atoms with Crippen molar-refractivity contribution < 1.29 is 0 Å². The molecule has 0 N–H and O–H groups in total. The Balaban J connectivity index is 3.70. The van der Waals surface area contributed by atoms with Crippen LogP contribution in [0.4, 0.5) is 0 Å². The predicted octanol–water partition coefficient (Wildman–Crippen LogP) is 3.76. The second-order valence-corrected chi connectivity index (χ2v) is 5.19. The molecule has 0 heterocycles. The monoisotopic (exact) mass is 174 g/mol. The molecule has 0 bridgehead atoms. The normalized spacial score (nSPS) is 20.5. The van der Waals surface area contributed by atoms with Gasteiger partial charge in [0.1, 0.15) is 0 Å². The van der Waals surface area contributed by atoms with Gasteiger partial charge in [-0.15, -0.1) is 8.58 Å². The van der Waals surface area contributed by atoms with E-state index in [1.807, 2.05) is 0 Å². The van der Waals surface area contributed by atoms with Crippen molar-refractivity contribution in [1.29, 1.82) is 0 Å². The average molecular weight is 174 g/mol. The van der Waals surface area contributed by atoms with E-state index in [-0.39, 0.29) is 0 Å². The molecular weight excluding hydrogens is 151 g/mol. The van der Waals surface area contributed by atoms with Crippen LogP contribution in [0.5, 0.6) is 0 Å². The van der Waals surface area contributed by atoms with Crippen molar-refractivity contribution in [3.63, 3.8) is 0 Å². The van der Waals surface area contributed by atoms with Gasteiger partial charge in [0.25, 0.3) is 0 Å². The number of rotatable bonds is 5. The van der Waals surface area contributed by atoms with Crippen LogP contribution in [0.15, 0.2) is 0 Å². The molecule has 0 saturated carbocycles. The molecule has 0 aromatic rings. The summed E-state index contributed by atoms with van der Waals surface area (Å²) >= 11 is 0. The highest BCUT2D eigenvalue weighted by molar-refractivity contribution is 7.37. The molecule has 68 valence electrons. The van der Waals surface area contributed by atoms with Crippen molar-refractivity contribution in [2.75, 3.05) is 6.66 Å². The Kier molecular flexibility index (Phi) is 6.24. The van der Waals surface area contributed by atoms with E-state index in [0.717, 1.165) is 26.1 Å². The third-order valence-electron chi connectivity index (χ3n) is 2.89. The summed E-state index contributed by atoms with van der Waals surface area (Å²) in [7, 11) is 1.11. The van der Waals surface area contributed by atoms with Crippen LogP contribution in [0.1, 0.15) is 40.5 Å². The van der Waals surface area contributed by atoms with Gasteiger partial charge in [-0.1, -0.05) is 40.5 Å². The van der Waals surface area contributed by atoms with Gasteiger partial charge >= 0.3 is 0 Å². The molecule has 0 spiro atoms. The third kappa shape index (κ3) is 4.11. The lowest BCUT2D eigenvalue weighted by Gasteiger charge is -2.24. The van der Waals surface area contributed by atoms with Crippen molar-refractivity contribution in [1.82, 2.24) is 0 Å². The zero-order valence-electron chi connectivity index (χ0n) is 8.65. The first-order chi connectivity index (χ1) is 5.13. The molecule has 0 amide bonds. The summed E-state index contributed by atoms with van der Waals surface area (Å²) in [4.78, 5) is 0. The highest BCUT2D eigenvalue weighted by Crippen LogP contribution is 2.29. The van der Waals surface area contributed by atoms with Gasteiger partial charge < -0.3 is 0 Å². The zero-order chi connectivity index (χ0) is 8.85. The molecule has 0 fully saturated rings. The minimum atomic E-state index is 0.915. The minimum absolute atomic E-state index is 0.915. The van der Waals surface area contributed by atoms with E-state index in [2.05, 4.69) is 34.4 Å². The lowest BCUT2D eigenvalue weighted by Crippen LogP contribution is -2.17. The predicted molar refractivity (Wildman–Crippen MR) is 56.9 cm³/mol. The van der Waals surface area contributed by atoms with Crippen molar-refractivity contribution in [2.45, 2.75) is 46.2 Å². The van der Waals surface area contributed by atoms with E-state index >= 15 is 0 Å². The van der Waals surface area contributed by atoms with Crippen LogP contribution in [-0.2, 0) is 0 Å². The summed E-state index contributed by atoms with van der Waals surface area (Å²) in [5.41, 5.74) is 0.927. The van der Waals surface area contributed by atoms with E-state index in [1.54, 1.807) is 0 Å². The fourth-order valence-electron chi connectivity index (χ4n) is 1.47. The van der Waals surface area contributed by atoms with Crippen LogP contribution >= 0.6 is 8.58 Å². The first-order valence-electron chi connectivity index (χ1n) is 4.80. The quantitative estimate of drug-likeness (QED) is 0.557. The van der Waals surface area contributed by atoms with Crippen molar-refractivity contribution in [3.8, 4) is 0 Å². The number of hydrogen-bond donors (Lipinski definition) is 0. The maximum atomic E-state index is 2.40. The fourth-order valence-corrected chi connectivity index (χ4v) is 2.33. The van der Waals surface area contributed by atoms with E-state index in [0.29, 0.717) is 0 Å². The Morgan fingerprint density at radius 3 is 2.09 bits per heavy atom. The second-order valence-electron chi connectivity index (χ2n) is 3.70. The van der Waals surface area contributed by atoms with Crippen molar-refractivity contribution >= 4 is 8.58 Å². The van der Waals surface area contributed by atoms with Crippen LogP contribution in [-0.4, -0.2) is 12.3 Å². The molecule has 0 aromatic carbocycles. The van der Waals surface area contributed by atoms with Crippen LogP contribution in [0.2, 0.25) is 0 Å². The standard InChI is InChI=1S/C10H23P/c1-6-7-8(2)9(3)10(4)11-5/h8-11H,6-7H2,1-5H3/t8-,9?,10-/m0/s1. The first kappa shape index (κ1) is 11.4. The Hall–Kier alpha value is 0.430. The molecule has 4 atom stereocenters. The molecular formula is C10H23P. The minimum Gasteiger partial charge on any atom is -0.122 e. The summed E-state index contributed by atoms with van der Waals surface area (Å²) in [6.07, 6.45) is 2.74. The van der Waals surface area contributed by atoms with Crippen molar-refractivity contribution in [3.05, 3.63) is 0 Å². The Morgan fingerprint density at radius 1 is 1.18 bits per heavy atom. The lowest BCUT2D eigenvalue weighted by atomic mass is 9.90. The summed E-state index contributed by atoms with van der Waals surface area (Å²) in [5, 5.41) is 0. The van der Waals surface area contributed by atoms with E-state index < -0.39 is 0 Å². The first-order valence-corrected chi connectivity index (χ1v) is 6.38. The highest BCUT2D eigenvalue weighted by Gasteiger charge is 2.16. The third-order valence-corrected chi connectivity index (χ3v) is 4.32. The molecule has 2 unspecified atom stereocenters. The second kappa shape index (κ2) is 6.00. The van der Waals surface area contributed by atoms with E-state index in [1.165, 1.54) is 12.8 Å². The van der Waals surface area contributed by atoms with Gasteiger partial charge in [0.2, 0.25) is 0 Å². The largest absolute Gasteiger partial charge is 0.122 e. The number of hydrogen-bond acceptors (Lipinski definition) is 0. The van der Waals surface area contributed by atoms with E-state index in [9.17, 15) is 0 Å². The lowest BCUT2D eigenvalue weighted by molar-refractivity contribution is 0.358. The molecule has 0 aliphatic heterocycles. The maximum absolute atomic E-state index is 2.40. The zero-order valence-corrected chi connectivity index (χ0v) is 9.65. The van der Waals surface area contributed by atoms with Gasteiger partial charge in [-0.3, -0.25) is 0 Å². The topological polar surface area (TPSA) is 0 Å². The summed E-state index contributed by atoms with van der Waals surface area (Å²) in [6.45, 7) is 11.8. The van der Waals surface area contributed by atoms with Gasteiger partial charge in [0, 0.05) is 0 Å². The molecule has 0 rings (SSSR count). The Bertz CT molecular complexity index is 90.9. The molecule has 0 radical (unpaired) electrons. The molecule has 0 aromatic heterocycles. The molecule has 0 nitrogen and oxygen atoms in total. The maximum Gasteiger partial charge on any atom is -0.0239 e. The SMILES string of the molecule is CCC[C@H](C)C(C)[C@H](C)PC. The van der Waals surface area contributed by atoms with Crippen LogP contribution in [0.3, 0.4) is 0 Å². The van der Waals surface area contributed by atoms with Crippen LogP contribution < -0.4 is 0 Å². The van der Waals surface area contributed by atoms with Crippen LogP contribution in [0.25, 0.3) is 0 Å². The Labute approximate surface area is 73.9 Å². The van der Waals surface area contributed by atoms with Gasteiger partial charge in [-0.05, 0) is 24.2 Å². The van der Waals surface area contributed by atoms with E-state index in [4.69, 9.17) is 0 Å². The molecule has 0 aliphatic rings.